The van der Waals surface area contributed by atoms with E-state index in [1.165, 1.54) is 0 Å². The van der Waals surface area contributed by atoms with E-state index in [2.05, 4.69) is 6.92 Å². The van der Waals surface area contributed by atoms with Crippen molar-refractivity contribution in [1.82, 2.24) is 4.57 Å². The van der Waals surface area contributed by atoms with Crippen molar-refractivity contribution in [2.24, 2.45) is 5.41 Å². The second kappa shape index (κ2) is 5.13. The number of benzene rings is 1. The molecule has 1 aliphatic heterocycles. The van der Waals surface area contributed by atoms with E-state index in [0.717, 1.165) is 5.69 Å². The molecule has 2 heterocycles. The van der Waals surface area contributed by atoms with Crippen molar-refractivity contribution in [3.8, 4) is 5.69 Å². The zero-order valence-corrected chi connectivity index (χ0v) is 11.4. The standard InChI is InChI=1S/C16H17NO3/c1-16(10-19-11-16)12-20-15(18)13-4-6-14(7-5-13)17-8-2-3-9-17/h2-9H,10-12H2,1H3. The predicted molar refractivity (Wildman–Crippen MR) is 75.0 cm³/mol. The lowest BCUT2D eigenvalue weighted by atomic mass is 9.90. The van der Waals surface area contributed by atoms with Crippen LogP contribution in [0.2, 0.25) is 0 Å². The third kappa shape index (κ3) is 2.60. The Kier molecular flexibility index (Phi) is 3.32. The summed E-state index contributed by atoms with van der Waals surface area (Å²) in [5.41, 5.74) is 1.58. The van der Waals surface area contributed by atoms with E-state index < -0.39 is 0 Å². The summed E-state index contributed by atoms with van der Waals surface area (Å²) in [6.07, 6.45) is 3.93. The Labute approximate surface area is 117 Å². The highest BCUT2D eigenvalue weighted by molar-refractivity contribution is 5.89. The molecular formula is C16H17NO3. The van der Waals surface area contributed by atoms with Gasteiger partial charge in [-0.3, -0.25) is 0 Å². The van der Waals surface area contributed by atoms with E-state index in [9.17, 15) is 4.79 Å². The summed E-state index contributed by atoms with van der Waals surface area (Å²) >= 11 is 0. The minimum atomic E-state index is -0.280. The first kappa shape index (κ1) is 12.9. The Morgan fingerprint density at radius 2 is 1.90 bits per heavy atom. The number of aromatic nitrogens is 1. The molecule has 1 aromatic heterocycles. The highest BCUT2D eigenvalue weighted by Gasteiger charge is 2.34. The van der Waals surface area contributed by atoms with Crippen LogP contribution in [-0.4, -0.2) is 30.4 Å². The van der Waals surface area contributed by atoms with Gasteiger partial charge in [0.1, 0.15) is 6.61 Å². The molecule has 0 bridgehead atoms. The van der Waals surface area contributed by atoms with Crippen molar-refractivity contribution in [2.45, 2.75) is 6.92 Å². The molecular weight excluding hydrogens is 254 g/mol. The Bertz CT molecular complexity index is 583. The van der Waals surface area contributed by atoms with Crippen molar-refractivity contribution < 1.29 is 14.3 Å². The molecule has 4 nitrogen and oxygen atoms in total. The van der Waals surface area contributed by atoms with Crippen LogP contribution < -0.4 is 0 Å². The van der Waals surface area contributed by atoms with Gasteiger partial charge in [-0.1, -0.05) is 6.92 Å². The minimum absolute atomic E-state index is 0.0132. The molecule has 1 fully saturated rings. The molecule has 20 heavy (non-hydrogen) atoms. The molecule has 0 aliphatic carbocycles. The van der Waals surface area contributed by atoms with Gasteiger partial charge >= 0.3 is 5.97 Å². The Morgan fingerprint density at radius 1 is 1.25 bits per heavy atom. The van der Waals surface area contributed by atoms with Gasteiger partial charge < -0.3 is 14.0 Å². The Balaban J connectivity index is 1.63. The van der Waals surface area contributed by atoms with Crippen LogP contribution in [0.25, 0.3) is 5.69 Å². The number of hydrogen-bond donors (Lipinski definition) is 0. The summed E-state index contributed by atoms with van der Waals surface area (Å²) < 4.78 is 12.5. The van der Waals surface area contributed by atoms with Gasteiger partial charge in [-0.05, 0) is 36.4 Å². The van der Waals surface area contributed by atoms with Crippen LogP contribution in [0.1, 0.15) is 17.3 Å². The smallest absolute Gasteiger partial charge is 0.338 e. The monoisotopic (exact) mass is 271 g/mol. The Morgan fingerprint density at radius 3 is 2.45 bits per heavy atom. The summed E-state index contributed by atoms with van der Waals surface area (Å²) in [7, 11) is 0. The number of esters is 1. The van der Waals surface area contributed by atoms with Crippen molar-refractivity contribution in [1.29, 1.82) is 0 Å². The van der Waals surface area contributed by atoms with Gasteiger partial charge in [0, 0.05) is 23.5 Å². The number of rotatable bonds is 4. The van der Waals surface area contributed by atoms with E-state index in [-0.39, 0.29) is 11.4 Å². The SMILES string of the molecule is CC1(COC(=O)c2ccc(-n3cccc3)cc2)COC1. The third-order valence-corrected chi connectivity index (χ3v) is 3.46. The maximum Gasteiger partial charge on any atom is 0.338 e. The summed E-state index contributed by atoms with van der Waals surface area (Å²) in [6, 6.07) is 11.3. The largest absolute Gasteiger partial charge is 0.461 e. The minimum Gasteiger partial charge on any atom is -0.461 e. The average Bonchev–Trinajstić information content (AvgIpc) is 2.97. The second-order valence-corrected chi connectivity index (χ2v) is 5.52. The molecule has 0 amide bonds. The molecule has 104 valence electrons. The summed E-state index contributed by atoms with van der Waals surface area (Å²) in [4.78, 5) is 12.0. The van der Waals surface area contributed by atoms with Gasteiger partial charge in [0.05, 0.1) is 18.8 Å². The van der Waals surface area contributed by atoms with E-state index in [0.29, 0.717) is 25.4 Å². The summed E-state index contributed by atoms with van der Waals surface area (Å²) in [6.45, 7) is 3.78. The van der Waals surface area contributed by atoms with Gasteiger partial charge in [-0.2, -0.15) is 0 Å². The zero-order valence-electron chi connectivity index (χ0n) is 11.4. The van der Waals surface area contributed by atoms with Gasteiger partial charge in [-0.25, -0.2) is 4.79 Å². The van der Waals surface area contributed by atoms with Crippen molar-refractivity contribution in [3.63, 3.8) is 0 Å². The van der Waals surface area contributed by atoms with Crippen LogP contribution in [-0.2, 0) is 9.47 Å². The molecule has 1 saturated heterocycles. The fourth-order valence-electron chi connectivity index (χ4n) is 2.13. The molecule has 0 N–H and O–H groups in total. The highest BCUT2D eigenvalue weighted by Crippen LogP contribution is 2.26. The molecule has 2 aromatic rings. The first-order chi connectivity index (χ1) is 9.66. The molecule has 1 aromatic carbocycles. The number of carbonyl (C=O) groups excluding carboxylic acids is 1. The predicted octanol–water partition coefficient (Wildman–Crippen LogP) is 2.67. The number of hydrogen-bond acceptors (Lipinski definition) is 3. The number of carbonyl (C=O) groups is 1. The summed E-state index contributed by atoms with van der Waals surface area (Å²) in [5, 5.41) is 0. The maximum atomic E-state index is 12.0. The van der Waals surface area contributed by atoms with Crippen LogP contribution >= 0.6 is 0 Å². The molecule has 0 radical (unpaired) electrons. The normalized spacial score (nSPS) is 16.4. The fourth-order valence-corrected chi connectivity index (χ4v) is 2.13. The zero-order chi connectivity index (χ0) is 14.0. The molecule has 4 heteroatoms. The molecule has 0 atom stereocenters. The summed E-state index contributed by atoms with van der Waals surface area (Å²) in [5.74, 6) is -0.280. The lowest BCUT2D eigenvalue weighted by molar-refractivity contribution is -0.127. The number of ether oxygens (including phenoxy) is 2. The van der Waals surface area contributed by atoms with E-state index in [1.807, 2.05) is 41.2 Å². The van der Waals surface area contributed by atoms with Crippen LogP contribution in [0.4, 0.5) is 0 Å². The maximum absolute atomic E-state index is 12.0. The molecule has 3 rings (SSSR count). The first-order valence-corrected chi connectivity index (χ1v) is 6.65. The van der Waals surface area contributed by atoms with Gasteiger partial charge in [0.2, 0.25) is 0 Å². The fraction of sp³-hybridized carbons (Fsp3) is 0.312. The lowest BCUT2D eigenvalue weighted by Crippen LogP contribution is -2.44. The van der Waals surface area contributed by atoms with E-state index in [1.54, 1.807) is 12.1 Å². The van der Waals surface area contributed by atoms with Crippen LogP contribution in [0.15, 0.2) is 48.8 Å². The third-order valence-electron chi connectivity index (χ3n) is 3.46. The lowest BCUT2D eigenvalue weighted by Gasteiger charge is -2.37. The van der Waals surface area contributed by atoms with Crippen LogP contribution in [0, 0.1) is 5.41 Å². The molecule has 1 aliphatic rings. The second-order valence-electron chi connectivity index (χ2n) is 5.52. The van der Waals surface area contributed by atoms with Gasteiger partial charge in [0.15, 0.2) is 0 Å². The molecule has 0 spiro atoms. The Hall–Kier alpha value is -2.07. The van der Waals surface area contributed by atoms with E-state index in [4.69, 9.17) is 9.47 Å². The quantitative estimate of drug-likeness (QED) is 0.803. The van der Waals surface area contributed by atoms with E-state index >= 15 is 0 Å². The van der Waals surface area contributed by atoms with Crippen LogP contribution in [0.3, 0.4) is 0 Å². The van der Waals surface area contributed by atoms with Crippen molar-refractivity contribution >= 4 is 5.97 Å². The average molecular weight is 271 g/mol. The topological polar surface area (TPSA) is 40.5 Å². The highest BCUT2D eigenvalue weighted by atomic mass is 16.5. The van der Waals surface area contributed by atoms with Crippen molar-refractivity contribution in [3.05, 3.63) is 54.4 Å². The molecule has 0 saturated carbocycles. The number of nitrogens with zero attached hydrogens (tertiary/aromatic N) is 1. The van der Waals surface area contributed by atoms with Crippen molar-refractivity contribution in [2.75, 3.05) is 19.8 Å². The van der Waals surface area contributed by atoms with Gasteiger partial charge in [0.25, 0.3) is 0 Å². The first-order valence-electron chi connectivity index (χ1n) is 6.65. The van der Waals surface area contributed by atoms with Gasteiger partial charge in [-0.15, -0.1) is 0 Å². The molecule has 0 unspecified atom stereocenters. The van der Waals surface area contributed by atoms with Crippen LogP contribution in [0.5, 0.6) is 0 Å².